The molecule has 0 aliphatic rings. The van der Waals surface area contributed by atoms with Crippen molar-refractivity contribution in [2.45, 2.75) is 6.61 Å². The van der Waals surface area contributed by atoms with E-state index in [9.17, 15) is 0 Å². The molecule has 0 aliphatic carbocycles. The maximum atomic E-state index is 8.72. The van der Waals surface area contributed by atoms with Gasteiger partial charge in [0.25, 0.3) is 0 Å². The molecule has 0 bridgehead atoms. The van der Waals surface area contributed by atoms with Gasteiger partial charge in [-0.05, 0) is 0 Å². The lowest BCUT2D eigenvalue weighted by Crippen LogP contribution is -1.91. The quantitative estimate of drug-likeness (QED) is 0.732. The van der Waals surface area contributed by atoms with Gasteiger partial charge in [0.05, 0.1) is 18.7 Å². The van der Waals surface area contributed by atoms with Crippen molar-refractivity contribution in [2.75, 3.05) is 7.11 Å². The van der Waals surface area contributed by atoms with Crippen molar-refractivity contribution >= 4 is 11.6 Å². The summed E-state index contributed by atoms with van der Waals surface area (Å²) in [7, 11) is 1.51. The van der Waals surface area contributed by atoms with Crippen molar-refractivity contribution in [3.05, 3.63) is 22.8 Å². The lowest BCUT2D eigenvalue weighted by Gasteiger charge is -2.01. The molecule has 0 spiro atoms. The summed E-state index contributed by atoms with van der Waals surface area (Å²) in [6.07, 6.45) is 1.49. The van der Waals surface area contributed by atoms with Crippen molar-refractivity contribution in [3.63, 3.8) is 0 Å². The van der Waals surface area contributed by atoms with E-state index in [1.807, 2.05) is 0 Å². The highest BCUT2D eigenvalue weighted by atomic mass is 35.5. The van der Waals surface area contributed by atoms with Crippen molar-refractivity contribution in [3.8, 4) is 5.88 Å². The summed E-state index contributed by atoms with van der Waals surface area (Å²) < 4.78 is 4.82. The first-order valence-corrected chi connectivity index (χ1v) is 3.45. The predicted octanol–water partition coefficient (Wildman–Crippen LogP) is 1.24. The molecule has 11 heavy (non-hydrogen) atoms. The Morgan fingerprint density at radius 2 is 2.45 bits per heavy atom. The molecule has 1 rings (SSSR count). The number of halogens is 1. The number of hydrogen-bond donors (Lipinski definition) is 1. The molecule has 60 valence electrons. The molecule has 4 heteroatoms. The van der Waals surface area contributed by atoms with Crippen LogP contribution in [0.1, 0.15) is 5.56 Å². The molecule has 0 aliphatic heterocycles. The third kappa shape index (κ3) is 1.82. The Hall–Kier alpha value is -0.800. The van der Waals surface area contributed by atoms with Gasteiger partial charge in [0, 0.05) is 17.8 Å². The summed E-state index contributed by atoms with van der Waals surface area (Å²) in [5.41, 5.74) is 0.604. The first-order chi connectivity index (χ1) is 5.27. The molecule has 1 heterocycles. The minimum absolute atomic E-state index is 0.101. The van der Waals surface area contributed by atoms with E-state index in [2.05, 4.69) is 4.98 Å². The van der Waals surface area contributed by atoms with Crippen LogP contribution in [0.25, 0.3) is 0 Å². The van der Waals surface area contributed by atoms with Crippen LogP contribution in [0.4, 0.5) is 0 Å². The Kier molecular flexibility index (Phi) is 2.68. The predicted molar refractivity (Wildman–Crippen MR) is 41.7 cm³/mol. The fourth-order valence-electron chi connectivity index (χ4n) is 0.670. The maximum absolute atomic E-state index is 8.72. The molecule has 3 nitrogen and oxygen atoms in total. The van der Waals surface area contributed by atoms with E-state index in [0.29, 0.717) is 16.5 Å². The van der Waals surface area contributed by atoms with Crippen LogP contribution in [0.3, 0.4) is 0 Å². The maximum Gasteiger partial charge on any atom is 0.214 e. The number of nitrogens with zero attached hydrogens (tertiary/aromatic N) is 1. The minimum atomic E-state index is -0.101. The number of methoxy groups -OCH3 is 1. The highest BCUT2D eigenvalue weighted by Gasteiger charge is 2.00. The van der Waals surface area contributed by atoms with Gasteiger partial charge in [0.2, 0.25) is 5.88 Å². The Bertz CT molecular complexity index is 252. The molecular formula is C7H8ClNO2. The van der Waals surface area contributed by atoms with Gasteiger partial charge in [-0.2, -0.15) is 0 Å². The molecule has 1 aromatic rings. The number of aromatic nitrogens is 1. The normalized spacial score (nSPS) is 9.73. The lowest BCUT2D eigenvalue weighted by molar-refractivity contribution is 0.281. The molecule has 0 saturated carbocycles. The van der Waals surface area contributed by atoms with Crippen LogP contribution >= 0.6 is 11.6 Å². The molecule has 0 radical (unpaired) electrons. The van der Waals surface area contributed by atoms with Crippen LogP contribution in [0.5, 0.6) is 5.88 Å². The Morgan fingerprint density at radius 1 is 1.73 bits per heavy atom. The summed E-state index contributed by atoms with van der Waals surface area (Å²) in [4.78, 5) is 3.86. The Balaban J connectivity index is 2.99. The van der Waals surface area contributed by atoms with E-state index in [1.54, 1.807) is 6.07 Å². The molecular weight excluding hydrogens is 166 g/mol. The monoisotopic (exact) mass is 173 g/mol. The molecule has 0 unspecified atom stereocenters. The second-order valence-corrected chi connectivity index (χ2v) is 2.38. The largest absolute Gasteiger partial charge is 0.481 e. The number of aliphatic hydroxyl groups is 1. The van der Waals surface area contributed by atoms with Crippen LogP contribution < -0.4 is 4.74 Å². The molecule has 0 fully saturated rings. The Labute approximate surface area is 69.6 Å². The highest BCUT2D eigenvalue weighted by molar-refractivity contribution is 6.31. The van der Waals surface area contributed by atoms with Crippen LogP contribution in [-0.2, 0) is 6.61 Å². The molecule has 0 saturated heterocycles. The Morgan fingerprint density at radius 3 is 2.91 bits per heavy atom. The van der Waals surface area contributed by atoms with Gasteiger partial charge in [-0.15, -0.1) is 0 Å². The zero-order valence-corrected chi connectivity index (χ0v) is 6.80. The topological polar surface area (TPSA) is 42.4 Å². The SMILES string of the molecule is COc1cc(Cl)c(CO)cn1. The zero-order valence-electron chi connectivity index (χ0n) is 6.04. The lowest BCUT2D eigenvalue weighted by atomic mass is 10.3. The van der Waals surface area contributed by atoms with E-state index < -0.39 is 0 Å². The second-order valence-electron chi connectivity index (χ2n) is 1.98. The molecule has 0 amide bonds. The number of rotatable bonds is 2. The van der Waals surface area contributed by atoms with Gasteiger partial charge >= 0.3 is 0 Å². The molecule has 1 aromatic heterocycles. The first-order valence-electron chi connectivity index (χ1n) is 3.07. The van der Waals surface area contributed by atoms with Gasteiger partial charge in [-0.25, -0.2) is 4.98 Å². The van der Waals surface area contributed by atoms with E-state index in [4.69, 9.17) is 21.4 Å². The summed E-state index contributed by atoms with van der Waals surface area (Å²) in [5.74, 6) is 0.451. The van der Waals surface area contributed by atoms with E-state index >= 15 is 0 Å². The highest BCUT2D eigenvalue weighted by Crippen LogP contribution is 2.19. The number of pyridine rings is 1. The second kappa shape index (κ2) is 3.55. The van der Waals surface area contributed by atoms with Gasteiger partial charge in [0.15, 0.2) is 0 Å². The first kappa shape index (κ1) is 8.30. The minimum Gasteiger partial charge on any atom is -0.481 e. The fourth-order valence-corrected chi connectivity index (χ4v) is 0.871. The third-order valence-corrected chi connectivity index (χ3v) is 1.64. The van der Waals surface area contributed by atoms with E-state index in [0.717, 1.165) is 0 Å². The van der Waals surface area contributed by atoms with Crippen LogP contribution in [0.2, 0.25) is 5.02 Å². The summed E-state index contributed by atoms with van der Waals surface area (Å²) in [5, 5.41) is 9.19. The zero-order chi connectivity index (χ0) is 8.27. The van der Waals surface area contributed by atoms with Gasteiger partial charge in [0.1, 0.15) is 0 Å². The summed E-state index contributed by atoms with van der Waals surface area (Å²) in [6, 6.07) is 1.56. The van der Waals surface area contributed by atoms with Crippen LogP contribution in [0.15, 0.2) is 12.3 Å². The fraction of sp³-hybridized carbons (Fsp3) is 0.286. The van der Waals surface area contributed by atoms with Crippen molar-refractivity contribution in [2.24, 2.45) is 0 Å². The van der Waals surface area contributed by atoms with Gasteiger partial charge < -0.3 is 9.84 Å². The summed E-state index contributed by atoms with van der Waals surface area (Å²) >= 11 is 5.73. The third-order valence-electron chi connectivity index (χ3n) is 1.28. The smallest absolute Gasteiger partial charge is 0.214 e. The molecule has 1 N–H and O–H groups in total. The average Bonchev–Trinajstić information content (AvgIpc) is 2.04. The van der Waals surface area contributed by atoms with Gasteiger partial charge in [-0.3, -0.25) is 0 Å². The van der Waals surface area contributed by atoms with Crippen molar-refractivity contribution in [1.82, 2.24) is 4.98 Å². The molecule has 0 aromatic carbocycles. The summed E-state index contributed by atoms with van der Waals surface area (Å²) in [6.45, 7) is -0.101. The van der Waals surface area contributed by atoms with Gasteiger partial charge in [-0.1, -0.05) is 11.6 Å². The van der Waals surface area contributed by atoms with Crippen molar-refractivity contribution < 1.29 is 9.84 Å². The van der Waals surface area contributed by atoms with Crippen LogP contribution in [-0.4, -0.2) is 17.2 Å². The number of hydrogen-bond acceptors (Lipinski definition) is 3. The van der Waals surface area contributed by atoms with E-state index in [1.165, 1.54) is 13.3 Å². The average molecular weight is 174 g/mol. The number of ether oxygens (including phenoxy) is 1. The van der Waals surface area contributed by atoms with Crippen molar-refractivity contribution in [1.29, 1.82) is 0 Å². The number of aliphatic hydroxyl groups excluding tert-OH is 1. The van der Waals surface area contributed by atoms with Crippen LogP contribution in [0, 0.1) is 0 Å². The molecule has 0 atom stereocenters. The standard InChI is InChI=1S/C7H8ClNO2/c1-11-7-2-6(8)5(4-10)3-9-7/h2-3,10H,4H2,1H3. The van der Waals surface area contributed by atoms with E-state index in [-0.39, 0.29) is 6.61 Å².